The third-order valence-corrected chi connectivity index (χ3v) is 5.16. The smallest absolute Gasteiger partial charge is 0.338 e. The van der Waals surface area contributed by atoms with Gasteiger partial charge in [-0.1, -0.05) is 48.5 Å². The largest absolute Gasteiger partial charge is 0.465 e. The molecule has 4 rings (SSSR count). The molecule has 2 heterocycles. The molecule has 1 unspecified atom stereocenters. The molecule has 2 aromatic carbocycles. The summed E-state index contributed by atoms with van der Waals surface area (Å²) in [5.41, 5.74) is 4.21. The van der Waals surface area contributed by atoms with Crippen molar-refractivity contribution >= 4 is 17.6 Å². The zero-order valence-electron chi connectivity index (χ0n) is 18.0. The number of hydrogen-bond donors (Lipinski definition) is 0. The predicted octanol–water partition coefficient (Wildman–Crippen LogP) is 4.87. The minimum absolute atomic E-state index is 0.258. The number of nitrogens with zero attached hydrogens (tertiary/aromatic N) is 2. The molecule has 0 N–H and O–H groups in total. The molecule has 0 saturated heterocycles. The quantitative estimate of drug-likeness (QED) is 0.393. The van der Waals surface area contributed by atoms with Crippen LogP contribution in [-0.4, -0.2) is 34.5 Å². The summed E-state index contributed by atoms with van der Waals surface area (Å²) in [6.07, 6.45) is 1.89. The number of carbonyl (C=O) groups excluding carboxylic acids is 2. The van der Waals surface area contributed by atoms with Crippen LogP contribution in [0.25, 0.3) is 16.9 Å². The predicted molar refractivity (Wildman–Crippen MR) is 122 cm³/mol. The van der Waals surface area contributed by atoms with E-state index in [1.807, 2.05) is 59.1 Å². The molecule has 0 saturated carbocycles. The zero-order valence-corrected chi connectivity index (χ0v) is 18.0. The Kier molecular flexibility index (Phi) is 6.31. The van der Waals surface area contributed by atoms with Gasteiger partial charge in [0, 0.05) is 11.8 Å². The van der Waals surface area contributed by atoms with Crippen LogP contribution in [0, 0.1) is 0 Å². The molecule has 6 nitrogen and oxygen atoms in total. The third-order valence-electron chi connectivity index (χ3n) is 5.16. The first-order valence-electron chi connectivity index (χ1n) is 10.6. The van der Waals surface area contributed by atoms with Crippen molar-refractivity contribution in [3.8, 4) is 11.3 Å². The van der Waals surface area contributed by atoms with Crippen molar-refractivity contribution in [2.45, 2.75) is 19.8 Å². The van der Waals surface area contributed by atoms with E-state index in [9.17, 15) is 9.59 Å². The molecule has 0 amide bonds. The van der Waals surface area contributed by atoms with E-state index in [4.69, 9.17) is 14.5 Å². The number of benzene rings is 2. The van der Waals surface area contributed by atoms with E-state index in [-0.39, 0.29) is 12.6 Å². The molecule has 0 aliphatic rings. The van der Waals surface area contributed by atoms with Gasteiger partial charge < -0.3 is 13.9 Å². The summed E-state index contributed by atoms with van der Waals surface area (Å²) >= 11 is 0. The van der Waals surface area contributed by atoms with Crippen LogP contribution in [0.5, 0.6) is 0 Å². The summed E-state index contributed by atoms with van der Waals surface area (Å²) in [5, 5.41) is 0. The lowest BCUT2D eigenvalue weighted by Gasteiger charge is -2.18. The molecule has 4 aromatic rings. The maximum absolute atomic E-state index is 13.2. The van der Waals surface area contributed by atoms with Gasteiger partial charge in [0.05, 0.1) is 30.2 Å². The van der Waals surface area contributed by atoms with Gasteiger partial charge >= 0.3 is 11.9 Å². The van der Waals surface area contributed by atoms with E-state index in [0.29, 0.717) is 29.1 Å². The molecular weight excluding hydrogens is 404 g/mol. The minimum atomic E-state index is -0.723. The molecule has 1 atom stereocenters. The standard InChI is InChI=1S/C26H24N2O4/c1-3-31-25(29)20-15-13-18(14-16-20)22(26(30)32-4-2)24-23(19-10-6-5-7-11-19)27-21-12-8-9-17-28(21)24/h5-17,22H,3-4H2,1-2H3. The van der Waals surface area contributed by atoms with E-state index in [1.54, 1.807) is 38.1 Å². The van der Waals surface area contributed by atoms with E-state index in [1.165, 1.54) is 0 Å². The second kappa shape index (κ2) is 9.47. The van der Waals surface area contributed by atoms with E-state index >= 15 is 0 Å². The van der Waals surface area contributed by atoms with Crippen molar-refractivity contribution in [2.24, 2.45) is 0 Å². The van der Waals surface area contributed by atoms with Gasteiger partial charge in [-0.2, -0.15) is 0 Å². The normalized spacial score (nSPS) is 11.8. The molecule has 0 fully saturated rings. The first-order chi connectivity index (χ1) is 15.6. The van der Waals surface area contributed by atoms with Crippen molar-refractivity contribution in [2.75, 3.05) is 13.2 Å². The Morgan fingerprint density at radius 1 is 0.875 bits per heavy atom. The van der Waals surface area contributed by atoms with Crippen molar-refractivity contribution < 1.29 is 19.1 Å². The number of rotatable bonds is 7. The van der Waals surface area contributed by atoms with Gasteiger partial charge in [-0.05, 0) is 43.7 Å². The summed E-state index contributed by atoms with van der Waals surface area (Å²) in [7, 11) is 0. The van der Waals surface area contributed by atoms with Crippen molar-refractivity contribution in [3.63, 3.8) is 0 Å². The van der Waals surface area contributed by atoms with Crippen LogP contribution in [0.1, 0.15) is 41.4 Å². The highest BCUT2D eigenvalue weighted by Gasteiger charge is 2.31. The fourth-order valence-corrected chi connectivity index (χ4v) is 3.76. The highest BCUT2D eigenvalue weighted by atomic mass is 16.5. The Labute approximate surface area is 186 Å². The van der Waals surface area contributed by atoms with Crippen LogP contribution in [0.3, 0.4) is 0 Å². The Bertz CT molecular complexity index is 1230. The number of hydrogen-bond acceptors (Lipinski definition) is 5. The number of fused-ring (bicyclic) bond motifs is 1. The molecule has 2 aromatic heterocycles. The first-order valence-corrected chi connectivity index (χ1v) is 10.6. The third kappa shape index (κ3) is 4.12. The molecule has 0 aliphatic heterocycles. The van der Waals surface area contributed by atoms with E-state index in [0.717, 1.165) is 11.2 Å². The monoisotopic (exact) mass is 428 g/mol. The molecule has 162 valence electrons. The molecule has 32 heavy (non-hydrogen) atoms. The average molecular weight is 428 g/mol. The number of pyridine rings is 1. The maximum atomic E-state index is 13.2. The Morgan fingerprint density at radius 2 is 1.56 bits per heavy atom. The van der Waals surface area contributed by atoms with Crippen molar-refractivity contribution in [1.82, 2.24) is 9.38 Å². The van der Waals surface area contributed by atoms with Gasteiger partial charge in [0.25, 0.3) is 0 Å². The second-order valence-corrected chi connectivity index (χ2v) is 7.17. The summed E-state index contributed by atoms with van der Waals surface area (Å²) in [5.74, 6) is -1.50. The van der Waals surface area contributed by atoms with Gasteiger partial charge in [0.15, 0.2) is 0 Å². The van der Waals surface area contributed by atoms with E-state index in [2.05, 4.69) is 0 Å². The number of esters is 2. The fraction of sp³-hybridized carbons (Fsp3) is 0.192. The zero-order chi connectivity index (χ0) is 22.5. The van der Waals surface area contributed by atoms with Crippen LogP contribution < -0.4 is 0 Å². The fourth-order valence-electron chi connectivity index (χ4n) is 3.76. The van der Waals surface area contributed by atoms with Gasteiger partial charge in [0.2, 0.25) is 0 Å². The van der Waals surface area contributed by atoms with Gasteiger partial charge in [0.1, 0.15) is 11.6 Å². The lowest BCUT2D eigenvalue weighted by atomic mass is 9.91. The molecule has 0 aliphatic carbocycles. The molecule has 0 bridgehead atoms. The minimum Gasteiger partial charge on any atom is -0.465 e. The highest BCUT2D eigenvalue weighted by molar-refractivity contribution is 5.90. The number of carbonyl (C=O) groups is 2. The second-order valence-electron chi connectivity index (χ2n) is 7.17. The Hall–Kier alpha value is -3.93. The van der Waals surface area contributed by atoms with Crippen molar-refractivity contribution in [3.05, 3.63) is 95.8 Å². The SMILES string of the molecule is CCOC(=O)c1ccc(C(C(=O)OCC)c2c(-c3ccccc3)nc3ccccn23)cc1. The van der Waals surface area contributed by atoms with Crippen LogP contribution in [0.15, 0.2) is 79.0 Å². The molecule has 0 spiro atoms. The van der Waals surface area contributed by atoms with Gasteiger partial charge in [-0.3, -0.25) is 4.79 Å². The van der Waals surface area contributed by atoms with Crippen LogP contribution in [-0.2, 0) is 14.3 Å². The first kappa shape index (κ1) is 21.3. The lowest BCUT2D eigenvalue weighted by molar-refractivity contribution is -0.143. The highest BCUT2D eigenvalue weighted by Crippen LogP contribution is 2.35. The van der Waals surface area contributed by atoms with Gasteiger partial charge in [-0.25, -0.2) is 9.78 Å². The Morgan fingerprint density at radius 3 is 2.25 bits per heavy atom. The molecule has 0 radical (unpaired) electrons. The summed E-state index contributed by atoms with van der Waals surface area (Å²) in [6.45, 7) is 4.10. The molecule has 6 heteroatoms. The summed E-state index contributed by atoms with van der Waals surface area (Å²) in [4.78, 5) is 30.1. The molecular formula is C26H24N2O4. The topological polar surface area (TPSA) is 69.9 Å². The van der Waals surface area contributed by atoms with Gasteiger partial charge in [-0.15, -0.1) is 0 Å². The number of imidazole rings is 1. The average Bonchev–Trinajstić information content (AvgIpc) is 3.20. The lowest BCUT2D eigenvalue weighted by Crippen LogP contribution is -2.20. The van der Waals surface area contributed by atoms with Crippen LogP contribution in [0.2, 0.25) is 0 Å². The Balaban J connectivity index is 1.90. The van der Waals surface area contributed by atoms with E-state index < -0.39 is 11.9 Å². The van der Waals surface area contributed by atoms with Crippen LogP contribution >= 0.6 is 0 Å². The summed E-state index contributed by atoms with van der Waals surface area (Å²) in [6, 6.07) is 22.4. The van der Waals surface area contributed by atoms with Crippen LogP contribution in [0.4, 0.5) is 0 Å². The number of aromatic nitrogens is 2. The van der Waals surface area contributed by atoms with Crippen molar-refractivity contribution in [1.29, 1.82) is 0 Å². The summed E-state index contributed by atoms with van der Waals surface area (Å²) < 4.78 is 12.5. The maximum Gasteiger partial charge on any atom is 0.338 e. The number of ether oxygens (including phenoxy) is 2.